The van der Waals surface area contributed by atoms with E-state index in [4.69, 9.17) is 4.74 Å². The molecule has 0 bridgehead atoms. The van der Waals surface area contributed by atoms with Crippen LogP contribution in [0.4, 0.5) is 17.6 Å². The van der Waals surface area contributed by atoms with Crippen LogP contribution in [-0.4, -0.2) is 31.4 Å². The molecule has 2 aromatic heterocycles. The topological polar surface area (TPSA) is 57.8 Å². The summed E-state index contributed by atoms with van der Waals surface area (Å²) in [6.07, 6.45) is 7.75. The van der Waals surface area contributed by atoms with Crippen molar-refractivity contribution in [2.45, 2.75) is 32.2 Å². The molecule has 5 rings (SSSR count). The molecule has 2 aromatic carbocycles. The summed E-state index contributed by atoms with van der Waals surface area (Å²) in [6, 6.07) is 4.92. The first-order valence-corrected chi connectivity index (χ1v) is 11.0. The quantitative estimate of drug-likeness (QED) is 0.281. The zero-order chi connectivity index (χ0) is 24.7. The molecule has 0 fully saturated rings. The number of hydrogen-bond acceptors (Lipinski definition) is 4. The summed E-state index contributed by atoms with van der Waals surface area (Å²) in [7, 11) is 1.50. The summed E-state index contributed by atoms with van der Waals surface area (Å²) in [4.78, 5) is 8.67. The summed E-state index contributed by atoms with van der Waals surface area (Å²) >= 11 is 0. The van der Waals surface area contributed by atoms with E-state index in [1.54, 1.807) is 33.9 Å². The van der Waals surface area contributed by atoms with Gasteiger partial charge in [0.05, 0.1) is 24.8 Å². The van der Waals surface area contributed by atoms with Gasteiger partial charge in [0.2, 0.25) is 0 Å². The van der Waals surface area contributed by atoms with Gasteiger partial charge in [0.15, 0.2) is 23.3 Å². The summed E-state index contributed by atoms with van der Waals surface area (Å²) in [5.41, 5.74) is 1.87. The van der Waals surface area contributed by atoms with Crippen LogP contribution in [0, 0.1) is 30.2 Å². The van der Waals surface area contributed by atoms with Crippen LogP contribution in [0.15, 0.2) is 36.8 Å². The highest BCUT2D eigenvalue weighted by Gasteiger charge is 2.27. The highest BCUT2D eigenvalue weighted by atomic mass is 19.2. The Morgan fingerprint density at radius 1 is 1.03 bits per heavy atom. The lowest BCUT2D eigenvalue weighted by Crippen LogP contribution is -2.18. The molecule has 0 amide bonds. The third-order valence-corrected chi connectivity index (χ3v) is 6.00. The molecule has 4 aromatic rings. The lowest BCUT2D eigenvalue weighted by molar-refractivity contribution is 0.411. The monoisotopic (exact) mass is 483 g/mol. The van der Waals surface area contributed by atoms with E-state index in [-0.39, 0.29) is 5.56 Å². The average Bonchev–Trinajstić information content (AvgIpc) is 3.46. The molecular weight excluding hydrogens is 462 g/mol. The van der Waals surface area contributed by atoms with Crippen molar-refractivity contribution in [3.63, 3.8) is 0 Å². The lowest BCUT2D eigenvalue weighted by atomic mass is 9.91. The fourth-order valence-electron chi connectivity index (χ4n) is 4.30. The average molecular weight is 483 g/mol. The van der Waals surface area contributed by atoms with Gasteiger partial charge in [-0.3, -0.25) is 0 Å². The number of nitrogens with zero attached hydrogens (tertiary/aromatic N) is 5. The van der Waals surface area contributed by atoms with Crippen LogP contribution >= 0.6 is 0 Å². The minimum Gasteiger partial charge on any atom is -0.495 e. The van der Waals surface area contributed by atoms with Crippen LogP contribution < -0.4 is 4.74 Å². The van der Waals surface area contributed by atoms with Crippen molar-refractivity contribution in [1.29, 1.82) is 0 Å². The summed E-state index contributed by atoms with van der Waals surface area (Å²) in [5.74, 6) is -3.58. The zero-order valence-corrected chi connectivity index (χ0v) is 19.0. The van der Waals surface area contributed by atoms with E-state index in [9.17, 15) is 17.6 Å². The Morgan fingerprint density at radius 2 is 1.80 bits per heavy atom. The van der Waals surface area contributed by atoms with Crippen LogP contribution in [0.25, 0.3) is 17.8 Å². The van der Waals surface area contributed by atoms with Crippen LogP contribution in [0.3, 0.4) is 0 Å². The molecule has 6 nitrogen and oxygen atoms in total. The molecular formula is C25H21F4N5O. The molecule has 0 saturated carbocycles. The standard InChI is InChI=1S/C25H21F4N5O/c1-14-12-33(13-30-14)21-11-18(26)15(10-22(21)35-2)5-6-23-31-25-17(4-3-7-34(25)32-23)16-8-19(27)24(29)20(28)9-16/h5-6,8-13,17H,3-4,7H2,1-2H3/b6-5+. The molecule has 1 unspecified atom stereocenters. The highest BCUT2D eigenvalue weighted by Crippen LogP contribution is 2.34. The Kier molecular flexibility index (Phi) is 5.88. The molecule has 1 atom stereocenters. The largest absolute Gasteiger partial charge is 0.495 e. The molecule has 0 aliphatic carbocycles. The number of imidazole rings is 1. The minimum absolute atomic E-state index is 0.273. The maximum atomic E-state index is 14.9. The van der Waals surface area contributed by atoms with Crippen molar-refractivity contribution in [1.82, 2.24) is 24.3 Å². The lowest BCUT2D eigenvalue weighted by Gasteiger charge is -2.22. The Bertz CT molecular complexity index is 1420. The number of aryl methyl sites for hydroxylation is 2. The first-order valence-electron chi connectivity index (χ1n) is 11.0. The van der Waals surface area contributed by atoms with E-state index in [1.165, 1.54) is 19.3 Å². The Hall–Kier alpha value is -3.95. The molecule has 0 spiro atoms. The Labute approximate surface area is 198 Å². The summed E-state index contributed by atoms with van der Waals surface area (Å²) in [6.45, 7) is 2.42. The van der Waals surface area contributed by atoms with Crippen molar-refractivity contribution >= 4 is 12.2 Å². The van der Waals surface area contributed by atoms with Crippen molar-refractivity contribution < 1.29 is 22.3 Å². The second kappa shape index (κ2) is 9.01. The van der Waals surface area contributed by atoms with Gasteiger partial charge in [-0.25, -0.2) is 32.2 Å². The Morgan fingerprint density at radius 3 is 2.49 bits per heavy atom. The van der Waals surface area contributed by atoms with Gasteiger partial charge in [-0.1, -0.05) is 0 Å². The first-order chi connectivity index (χ1) is 16.8. The molecule has 10 heteroatoms. The molecule has 0 saturated heterocycles. The van der Waals surface area contributed by atoms with Gasteiger partial charge in [0.25, 0.3) is 0 Å². The number of rotatable bonds is 5. The van der Waals surface area contributed by atoms with Gasteiger partial charge >= 0.3 is 0 Å². The van der Waals surface area contributed by atoms with Crippen LogP contribution in [0.2, 0.25) is 0 Å². The van der Waals surface area contributed by atoms with Gasteiger partial charge in [0.1, 0.15) is 17.4 Å². The van der Waals surface area contributed by atoms with Gasteiger partial charge in [0, 0.05) is 30.3 Å². The smallest absolute Gasteiger partial charge is 0.194 e. The van der Waals surface area contributed by atoms with Gasteiger partial charge < -0.3 is 9.30 Å². The van der Waals surface area contributed by atoms with Crippen molar-refractivity contribution in [3.8, 4) is 11.4 Å². The number of methoxy groups -OCH3 is 1. The molecule has 1 aliphatic heterocycles. The maximum Gasteiger partial charge on any atom is 0.194 e. The highest BCUT2D eigenvalue weighted by molar-refractivity contribution is 5.69. The fraction of sp³-hybridized carbons (Fsp3) is 0.240. The number of aromatic nitrogens is 5. The third kappa shape index (κ3) is 4.31. The number of fused-ring (bicyclic) bond motifs is 1. The van der Waals surface area contributed by atoms with E-state index in [1.807, 2.05) is 6.92 Å². The van der Waals surface area contributed by atoms with Gasteiger partial charge in [-0.05, 0) is 55.7 Å². The van der Waals surface area contributed by atoms with Crippen molar-refractivity contribution in [3.05, 3.63) is 88.5 Å². The number of ether oxygens (including phenoxy) is 1. The van der Waals surface area contributed by atoms with Crippen LogP contribution in [0.1, 0.15) is 47.2 Å². The van der Waals surface area contributed by atoms with Crippen LogP contribution in [-0.2, 0) is 6.54 Å². The normalized spacial score (nSPS) is 15.5. The van der Waals surface area contributed by atoms with E-state index >= 15 is 0 Å². The van der Waals surface area contributed by atoms with Crippen molar-refractivity contribution in [2.24, 2.45) is 0 Å². The predicted molar refractivity (Wildman–Crippen MR) is 121 cm³/mol. The van der Waals surface area contributed by atoms with Crippen molar-refractivity contribution in [2.75, 3.05) is 7.11 Å². The molecule has 180 valence electrons. The fourth-order valence-corrected chi connectivity index (χ4v) is 4.30. The van der Waals surface area contributed by atoms with Gasteiger partial charge in [-0.2, -0.15) is 5.10 Å². The molecule has 1 aliphatic rings. The zero-order valence-electron chi connectivity index (χ0n) is 19.0. The summed E-state index contributed by atoms with van der Waals surface area (Å²) < 4.78 is 64.7. The number of halogens is 4. The second-order valence-corrected chi connectivity index (χ2v) is 8.35. The SMILES string of the molecule is COc1cc(/C=C/c2nc3n(n2)CCCC3c2cc(F)c(F)c(F)c2)c(F)cc1-n1cnc(C)c1. The number of benzene rings is 2. The van der Waals surface area contributed by atoms with E-state index in [0.29, 0.717) is 48.0 Å². The van der Waals surface area contributed by atoms with Gasteiger partial charge in [-0.15, -0.1) is 0 Å². The minimum atomic E-state index is -1.50. The second-order valence-electron chi connectivity index (χ2n) is 8.35. The maximum absolute atomic E-state index is 14.9. The van der Waals surface area contributed by atoms with E-state index in [2.05, 4.69) is 15.1 Å². The van der Waals surface area contributed by atoms with Crippen LogP contribution in [0.5, 0.6) is 5.75 Å². The molecule has 3 heterocycles. The molecule has 0 radical (unpaired) electrons. The van der Waals surface area contributed by atoms with E-state index < -0.39 is 29.2 Å². The summed E-state index contributed by atoms with van der Waals surface area (Å²) in [5, 5.41) is 4.44. The Balaban J connectivity index is 1.45. The first kappa shape index (κ1) is 22.8. The molecule has 35 heavy (non-hydrogen) atoms. The molecule has 0 N–H and O–H groups in total. The van der Waals surface area contributed by atoms with E-state index in [0.717, 1.165) is 17.8 Å². The third-order valence-electron chi connectivity index (χ3n) is 6.00. The predicted octanol–water partition coefficient (Wildman–Crippen LogP) is 5.43. The number of hydrogen-bond donors (Lipinski definition) is 0.